The first-order chi connectivity index (χ1) is 8.77. The van der Waals surface area contributed by atoms with Crippen molar-refractivity contribution in [1.29, 1.82) is 0 Å². The second kappa shape index (κ2) is 4.55. The molecule has 0 aromatic heterocycles. The predicted molar refractivity (Wildman–Crippen MR) is 81.4 cm³/mol. The van der Waals surface area contributed by atoms with Crippen LogP contribution in [0.1, 0.15) is 30.9 Å². The van der Waals surface area contributed by atoms with Crippen LogP contribution in [-0.2, 0) is 5.41 Å². The van der Waals surface area contributed by atoms with Crippen LogP contribution in [0.5, 0.6) is 0 Å². The second-order valence-electron chi connectivity index (χ2n) is 5.22. The monoisotopic (exact) mass is 300 g/mol. The van der Waals surface area contributed by atoms with E-state index in [9.17, 15) is 0 Å². The van der Waals surface area contributed by atoms with Crippen molar-refractivity contribution in [3.05, 3.63) is 59.7 Å². The van der Waals surface area contributed by atoms with E-state index in [0.717, 1.165) is 5.33 Å². The highest BCUT2D eigenvalue weighted by atomic mass is 79.9. The van der Waals surface area contributed by atoms with Gasteiger partial charge in [-0.15, -0.1) is 0 Å². The maximum atomic E-state index is 3.56. The van der Waals surface area contributed by atoms with Gasteiger partial charge in [-0.3, -0.25) is 0 Å². The third kappa shape index (κ3) is 1.65. The Kier molecular flexibility index (Phi) is 3.03. The summed E-state index contributed by atoms with van der Waals surface area (Å²) in [4.78, 5) is 0. The molecule has 0 atom stereocenters. The Balaban J connectivity index is 2.20. The Hall–Kier alpha value is -1.08. The minimum Gasteiger partial charge on any atom is -0.0928 e. The van der Waals surface area contributed by atoms with E-state index in [0.29, 0.717) is 0 Å². The molecule has 0 nitrogen and oxygen atoms in total. The topological polar surface area (TPSA) is 0 Å². The largest absolute Gasteiger partial charge is 0.0928 e. The van der Waals surface area contributed by atoms with Gasteiger partial charge in [-0.05, 0) is 35.1 Å². The molecule has 0 unspecified atom stereocenters. The normalized spacial score (nSPS) is 15.2. The maximum absolute atomic E-state index is 3.56. The van der Waals surface area contributed by atoms with E-state index in [2.05, 4.69) is 71.4 Å². The van der Waals surface area contributed by atoms with Crippen molar-refractivity contribution in [3.8, 4) is 11.1 Å². The van der Waals surface area contributed by atoms with Gasteiger partial charge in [0.1, 0.15) is 0 Å². The van der Waals surface area contributed by atoms with Gasteiger partial charge in [0.05, 0.1) is 0 Å². The van der Waals surface area contributed by atoms with Crippen molar-refractivity contribution >= 4 is 15.9 Å². The minimum atomic E-state index is 0.182. The quantitative estimate of drug-likeness (QED) is 0.688. The molecule has 3 rings (SSSR count). The number of halogens is 1. The first kappa shape index (κ1) is 12.0. The van der Waals surface area contributed by atoms with Crippen molar-refractivity contribution in [2.24, 2.45) is 0 Å². The van der Waals surface area contributed by atoms with Crippen LogP contribution in [0, 0.1) is 0 Å². The summed E-state index contributed by atoms with van der Waals surface area (Å²) in [5, 5.41) is 1.08. The number of hydrogen-bond donors (Lipinski definition) is 0. The molecule has 0 amide bonds. The van der Waals surface area contributed by atoms with Gasteiger partial charge in [0.15, 0.2) is 0 Å². The Morgan fingerprint density at radius 3 is 1.89 bits per heavy atom. The summed E-state index contributed by atoms with van der Waals surface area (Å²) in [7, 11) is 0. The number of rotatable bonds is 3. The van der Waals surface area contributed by atoms with Crippen molar-refractivity contribution in [3.63, 3.8) is 0 Å². The number of benzene rings is 2. The summed E-state index contributed by atoms with van der Waals surface area (Å²) in [6.45, 7) is 2.39. The summed E-state index contributed by atoms with van der Waals surface area (Å²) in [5.74, 6) is 0. The van der Waals surface area contributed by atoms with E-state index in [4.69, 9.17) is 0 Å². The zero-order valence-electron chi connectivity index (χ0n) is 10.6. The fourth-order valence-electron chi connectivity index (χ4n) is 3.23. The van der Waals surface area contributed by atoms with Crippen LogP contribution in [-0.4, -0.2) is 5.33 Å². The molecule has 92 valence electrons. The molecule has 1 aliphatic carbocycles. The zero-order chi connectivity index (χ0) is 12.6. The highest BCUT2D eigenvalue weighted by molar-refractivity contribution is 9.09. The molecule has 0 saturated carbocycles. The van der Waals surface area contributed by atoms with Crippen LogP contribution in [0.3, 0.4) is 0 Å². The SMILES string of the molecule is CC1(CCCBr)c2ccccc2-c2ccccc21. The van der Waals surface area contributed by atoms with E-state index >= 15 is 0 Å². The molecule has 1 heteroatoms. The first-order valence-electron chi connectivity index (χ1n) is 6.53. The summed E-state index contributed by atoms with van der Waals surface area (Å²) in [6.07, 6.45) is 2.41. The number of hydrogen-bond acceptors (Lipinski definition) is 0. The molecule has 0 bridgehead atoms. The third-order valence-electron chi connectivity index (χ3n) is 4.14. The molecule has 1 aliphatic rings. The van der Waals surface area contributed by atoms with Crippen molar-refractivity contribution in [2.45, 2.75) is 25.2 Å². The lowest BCUT2D eigenvalue weighted by Gasteiger charge is -2.27. The van der Waals surface area contributed by atoms with E-state index in [1.54, 1.807) is 0 Å². The lowest BCUT2D eigenvalue weighted by Crippen LogP contribution is -2.20. The number of fused-ring (bicyclic) bond motifs is 3. The van der Waals surface area contributed by atoms with Crippen LogP contribution in [0.4, 0.5) is 0 Å². The van der Waals surface area contributed by atoms with Gasteiger partial charge in [-0.1, -0.05) is 71.4 Å². The van der Waals surface area contributed by atoms with Gasteiger partial charge in [-0.25, -0.2) is 0 Å². The highest BCUT2D eigenvalue weighted by Crippen LogP contribution is 2.50. The lowest BCUT2D eigenvalue weighted by atomic mass is 9.77. The molecule has 0 radical (unpaired) electrons. The summed E-state index contributed by atoms with van der Waals surface area (Å²) in [5.41, 5.74) is 6.01. The standard InChI is InChI=1S/C17H17Br/c1-17(11-6-12-18)15-9-4-2-7-13(15)14-8-3-5-10-16(14)17/h2-5,7-10H,6,11-12H2,1H3. The molecule has 0 heterocycles. The first-order valence-corrected chi connectivity index (χ1v) is 7.65. The average Bonchev–Trinajstić information content (AvgIpc) is 2.69. The molecule has 0 saturated heterocycles. The fraction of sp³-hybridized carbons (Fsp3) is 0.294. The molecular weight excluding hydrogens is 284 g/mol. The van der Waals surface area contributed by atoms with Crippen LogP contribution in [0.2, 0.25) is 0 Å². The Labute approximate surface area is 117 Å². The van der Waals surface area contributed by atoms with Crippen LogP contribution >= 0.6 is 15.9 Å². The van der Waals surface area contributed by atoms with Crippen LogP contribution < -0.4 is 0 Å². The smallest absolute Gasteiger partial charge is 0.0187 e. The number of alkyl halides is 1. The molecule has 0 N–H and O–H groups in total. The molecular formula is C17H17Br. The lowest BCUT2D eigenvalue weighted by molar-refractivity contribution is 0.527. The molecule has 2 aromatic rings. The van der Waals surface area contributed by atoms with Crippen LogP contribution in [0.25, 0.3) is 11.1 Å². The van der Waals surface area contributed by atoms with Gasteiger partial charge in [0.2, 0.25) is 0 Å². The molecule has 2 aromatic carbocycles. The van der Waals surface area contributed by atoms with E-state index in [1.165, 1.54) is 35.1 Å². The molecule has 0 aliphatic heterocycles. The molecule has 18 heavy (non-hydrogen) atoms. The van der Waals surface area contributed by atoms with E-state index < -0.39 is 0 Å². The molecule has 0 spiro atoms. The second-order valence-corrected chi connectivity index (χ2v) is 6.01. The van der Waals surface area contributed by atoms with Gasteiger partial charge in [-0.2, -0.15) is 0 Å². The van der Waals surface area contributed by atoms with Gasteiger partial charge in [0, 0.05) is 10.7 Å². The van der Waals surface area contributed by atoms with Crippen molar-refractivity contribution in [1.82, 2.24) is 0 Å². The van der Waals surface area contributed by atoms with Crippen LogP contribution in [0.15, 0.2) is 48.5 Å². The van der Waals surface area contributed by atoms with Crippen molar-refractivity contribution < 1.29 is 0 Å². The van der Waals surface area contributed by atoms with Gasteiger partial charge < -0.3 is 0 Å². The minimum absolute atomic E-state index is 0.182. The average molecular weight is 301 g/mol. The molecule has 0 fully saturated rings. The Bertz CT molecular complexity index is 526. The maximum Gasteiger partial charge on any atom is 0.0187 e. The summed E-state index contributed by atoms with van der Waals surface area (Å²) < 4.78 is 0. The van der Waals surface area contributed by atoms with Gasteiger partial charge in [0.25, 0.3) is 0 Å². The summed E-state index contributed by atoms with van der Waals surface area (Å²) in [6, 6.07) is 17.7. The Morgan fingerprint density at radius 1 is 0.889 bits per heavy atom. The van der Waals surface area contributed by atoms with Crippen molar-refractivity contribution in [2.75, 3.05) is 5.33 Å². The summed E-state index contributed by atoms with van der Waals surface area (Å²) >= 11 is 3.56. The van der Waals surface area contributed by atoms with E-state index in [-0.39, 0.29) is 5.41 Å². The third-order valence-corrected chi connectivity index (χ3v) is 4.70. The highest BCUT2D eigenvalue weighted by Gasteiger charge is 2.37. The Morgan fingerprint density at radius 2 is 1.39 bits per heavy atom. The van der Waals surface area contributed by atoms with Gasteiger partial charge >= 0.3 is 0 Å². The zero-order valence-corrected chi connectivity index (χ0v) is 12.2. The fourth-order valence-corrected chi connectivity index (χ4v) is 3.51. The van der Waals surface area contributed by atoms with E-state index in [1.807, 2.05) is 0 Å². The predicted octanol–water partition coefficient (Wildman–Crippen LogP) is 5.15.